The van der Waals surface area contributed by atoms with E-state index < -0.39 is 39.4 Å². The molecule has 2 aliphatic rings. The van der Waals surface area contributed by atoms with E-state index in [1.807, 2.05) is 11.8 Å². The summed E-state index contributed by atoms with van der Waals surface area (Å²) in [6.07, 6.45) is 4.68. The second kappa shape index (κ2) is 9.98. The van der Waals surface area contributed by atoms with Crippen LogP contribution in [0.1, 0.15) is 39.2 Å². The average Bonchev–Trinajstić information content (AvgIpc) is 3.33. The molecule has 1 spiro atoms. The summed E-state index contributed by atoms with van der Waals surface area (Å²) >= 11 is 0. The van der Waals surface area contributed by atoms with E-state index in [1.165, 1.54) is 32.6 Å². The normalized spacial score (nSPS) is 18.2. The molecule has 1 aliphatic heterocycles. The Morgan fingerprint density at radius 2 is 1.80 bits per heavy atom. The monoisotopic (exact) mass is 591 g/mol. The molecule has 14 heteroatoms. The molecule has 1 aromatic carbocycles. The van der Waals surface area contributed by atoms with E-state index in [-0.39, 0.29) is 21.6 Å². The minimum atomic E-state index is -1.94. The van der Waals surface area contributed by atoms with E-state index in [2.05, 4.69) is 15.0 Å². The smallest absolute Gasteiger partial charge is 0.194 e. The molecule has 1 aliphatic carbocycles. The number of fused-ring (bicyclic) bond motifs is 1. The Kier molecular flexibility index (Phi) is 6.72. The van der Waals surface area contributed by atoms with E-state index >= 15 is 0 Å². The molecule has 9 nitrogen and oxygen atoms in total. The zero-order valence-corrected chi connectivity index (χ0v) is 23.8. The highest BCUT2D eigenvalue weighted by Crippen LogP contribution is 2.49. The molecule has 40 heavy (non-hydrogen) atoms. The van der Waals surface area contributed by atoms with E-state index in [1.54, 1.807) is 13.8 Å². The van der Waals surface area contributed by atoms with Crippen LogP contribution in [0.2, 0.25) is 0 Å². The zero-order valence-electron chi connectivity index (χ0n) is 22.2. The van der Waals surface area contributed by atoms with Gasteiger partial charge in [-0.05, 0) is 50.8 Å². The minimum absolute atomic E-state index is 0.106. The van der Waals surface area contributed by atoms with Gasteiger partial charge in [-0.3, -0.25) is 0 Å². The lowest BCUT2D eigenvalue weighted by molar-refractivity contribution is 0.490. The molecule has 4 aromatic rings. The summed E-state index contributed by atoms with van der Waals surface area (Å²) in [5.41, 5.74) is 0.724. The number of rotatable bonds is 7. The van der Waals surface area contributed by atoms with E-state index in [9.17, 15) is 21.6 Å². The SMILES string of the molecule is CCc1cc(F)cc2c1c(N1CCN(c3ncc(F)cc3F)CC13CC3)nn2S(=O)c1ccn(S(=O)C(C)C)n1. The number of piperazine rings is 1. The van der Waals surface area contributed by atoms with Crippen LogP contribution in [0.5, 0.6) is 0 Å². The zero-order chi connectivity index (χ0) is 28.3. The van der Waals surface area contributed by atoms with Gasteiger partial charge in [0, 0.05) is 43.4 Å². The predicted molar refractivity (Wildman–Crippen MR) is 147 cm³/mol. The second-order valence-electron chi connectivity index (χ2n) is 10.4. The number of hydrogen-bond acceptors (Lipinski definition) is 7. The van der Waals surface area contributed by atoms with Gasteiger partial charge < -0.3 is 9.80 Å². The van der Waals surface area contributed by atoms with Crippen molar-refractivity contribution in [2.75, 3.05) is 29.4 Å². The largest absolute Gasteiger partial charge is 0.350 e. The first kappa shape index (κ1) is 26.9. The van der Waals surface area contributed by atoms with Gasteiger partial charge in [0.1, 0.15) is 22.6 Å². The number of halogens is 3. The fourth-order valence-electron chi connectivity index (χ4n) is 5.33. The van der Waals surface area contributed by atoms with Crippen LogP contribution in [0.25, 0.3) is 10.9 Å². The van der Waals surface area contributed by atoms with Crippen molar-refractivity contribution in [1.29, 1.82) is 0 Å². The summed E-state index contributed by atoms with van der Waals surface area (Å²) < 4.78 is 71.6. The molecule has 1 saturated heterocycles. The molecule has 0 bridgehead atoms. The number of nitrogens with zero attached hydrogens (tertiary/aromatic N) is 7. The molecular formula is C26H28F3N7O2S2. The maximum Gasteiger partial charge on any atom is 0.194 e. The highest BCUT2D eigenvalue weighted by molar-refractivity contribution is 7.84. The lowest BCUT2D eigenvalue weighted by atomic mass is 10.0. The summed E-state index contributed by atoms with van der Waals surface area (Å²) in [6, 6.07) is 5.14. The van der Waals surface area contributed by atoms with Crippen molar-refractivity contribution >= 4 is 44.5 Å². The molecule has 4 heterocycles. The van der Waals surface area contributed by atoms with Gasteiger partial charge >= 0.3 is 0 Å². The molecular weight excluding hydrogens is 563 g/mol. The lowest BCUT2D eigenvalue weighted by Crippen LogP contribution is -2.56. The first-order valence-electron chi connectivity index (χ1n) is 13.1. The van der Waals surface area contributed by atoms with Gasteiger partial charge in [-0.15, -0.1) is 10.2 Å². The van der Waals surface area contributed by atoms with Gasteiger partial charge in [-0.1, -0.05) is 6.92 Å². The number of aryl methyl sites for hydroxylation is 1. The van der Waals surface area contributed by atoms with Crippen molar-refractivity contribution in [2.45, 2.75) is 55.8 Å². The van der Waals surface area contributed by atoms with Crippen molar-refractivity contribution < 1.29 is 21.6 Å². The van der Waals surface area contributed by atoms with Gasteiger partial charge in [0.25, 0.3) is 0 Å². The number of anilines is 2. The van der Waals surface area contributed by atoms with E-state index in [4.69, 9.17) is 5.10 Å². The average molecular weight is 592 g/mol. The van der Waals surface area contributed by atoms with E-state index in [0.29, 0.717) is 42.8 Å². The Hall–Kier alpha value is -3.26. The molecule has 0 amide bonds. The van der Waals surface area contributed by atoms with Gasteiger partial charge in [0.2, 0.25) is 0 Å². The maximum atomic E-state index is 14.8. The molecule has 3 aromatic heterocycles. The number of aromatic nitrogens is 5. The molecule has 0 N–H and O–H groups in total. The van der Waals surface area contributed by atoms with Crippen molar-refractivity contribution in [3.05, 3.63) is 59.7 Å². The summed E-state index contributed by atoms with van der Waals surface area (Å²) in [4.78, 5) is 7.95. The van der Waals surface area contributed by atoms with Crippen LogP contribution in [0, 0.1) is 17.5 Å². The van der Waals surface area contributed by atoms with Crippen LogP contribution in [0.3, 0.4) is 0 Å². The summed E-state index contributed by atoms with van der Waals surface area (Å²) in [5, 5.41) is 9.72. The van der Waals surface area contributed by atoms with Crippen molar-refractivity contribution in [2.24, 2.45) is 0 Å². The molecule has 0 radical (unpaired) electrons. The Morgan fingerprint density at radius 3 is 2.48 bits per heavy atom. The van der Waals surface area contributed by atoms with Crippen LogP contribution < -0.4 is 9.80 Å². The highest BCUT2D eigenvalue weighted by Gasteiger charge is 2.53. The topological polar surface area (TPSA) is 89.2 Å². The van der Waals surface area contributed by atoms with Crippen molar-refractivity contribution in [1.82, 2.24) is 23.4 Å². The molecule has 212 valence electrons. The van der Waals surface area contributed by atoms with Gasteiger partial charge in [0.05, 0.1) is 22.5 Å². The lowest BCUT2D eigenvalue weighted by Gasteiger charge is -2.43. The van der Waals surface area contributed by atoms with Crippen molar-refractivity contribution in [3.8, 4) is 0 Å². The molecule has 2 atom stereocenters. The number of benzene rings is 1. The first-order chi connectivity index (χ1) is 19.1. The van der Waals surface area contributed by atoms with Gasteiger partial charge in [-0.2, -0.15) is 8.17 Å². The maximum absolute atomic E-state index is 14.8. The fourth-order valence-corrected chi connectivity index (χ4v) is 7.15. The standard InChI is InChI=1S/C26H28F3N7O2S2/c1-4-17-11-18(27)13-21-23(17)25(32-36(21)40(38)22-5-8-35(31-22)39(37)16(2)3)34-10-9-33(15-26(34)6-7-26)24-20(29)12-19(28)14-30-24/h5,8,11-14,16H,4,6-7,9-10,15H2,1-3H3. The quantitative estimate of drug-likeness (QED) is 0.322. The molecule has 1 saturated carbocycles. The van der Waals surface area contributed by atoms with Gasteiger partial charge in [0.15, 0.2) is 33.5 Å². The summed E-state index contributed by atoms with van der Waals surface area (Å²) in [6.45, 7) is 6.83. The number of hydrogen-bond donors (Lipinski definition) is 0. The molecule has 2 fully saturated rings. The number of pyridine rings is 1. The molecule has 2 unspecified atom stereocenters. The Labute approximate surface area is 234 Å². The molecule has 6 rings (SSSR count). The fraction of sp³-hybridized carbons (Fsp3) is 0.423. The Balaban J connectivity index is 1.41. The first-order valence-corrected chi connectivity index (χ1v) is 15.3. The third kappa shape index (κ3) is 4.50. The third-order valence-electron chi connectivity index (χ3n) is 7.45. The van der Waals surface area contributed by atoms with Crippen molar-refractivity contribution in [3.63, 3.8) is 0 Å². The van der Waals surface area contributed by atoms with Crippen LogP contribution >= 0.6 is 0 Å². The van der Waals surface area contributed by atoms with Gasteiger partial charge in [-0.25, -0.2) is 26.6 Å². The third-order valence-corrected chi connectivity index (χ3v) is 9.99. The van der Waals surface area contributed by atoms with Crippen LogP contribution in [-0.4, -0.2) is 62.2 Å². The van der Waals surface area contributed by atoms with Crippen LogP contribution in [-0.2, 0) is 28.4 Å². The highest BCUT2D eigenvalue weighted by atomic mass is 32.2. The Morgan fingerprint density at radius 1 is 1.02 bits per heavy atom. The van der Waals surface area contributed by atoms with Crippen LogP contribution in [0.4, 0.5) is 24.8 Å². The summed E-state index contributed by atoms with van der Waals surface area (Å²) in [7, 11) is -3.37. The second-order valence-corrected chi connectivity index (χ2v) is 13.5. The van der Waals surface area contributed by atoms with Crippen LogP contribution in [0.15, 0.2) is 41.7 Å². The van der Waals surface area contributed by atoms with E-state index in [0.717, 1.165) is 30.7 Å². The Bertz CT molecular complexity index is 1670. The minimum Gasteiger partial charge on any atom is -0.350 e. The summed E-state index contributed by atoms with van der Waals surface area (Å²) in [5.74, 6) is -1.23. The predicted octanol–water partition coefficient (Wildman–Crippen LogP) is 3.96.